The third-order valence-electron chi connectivity index (χ3n) is 6.99. The van der Waals surface area contributed by atoms with Crippen molar-refractivity contribution in [3.05, 3.63) is 82.9 Å². The van der Waals surface area contributed by atoms with Crippen molar-refractivity contribution < 1.29 is 0 Å². The number of hydrogen-bond acceptors (Lipinski definition) is 8. The predicted octanol–water partition coefficient (Wildman–Crippen LogP) is 6.25. The van der Waals surface area contributed by atoms with Crippen LogP contribution in [0.2, 0.25) is 5.02 Å². The first-order valence-corrected chi connectivity index (χ1v) is 13.6. The first kappa shape index (κ1) is 25.2. The summed E-state index contributed by atoms with van der Waals surface area (Å²) in [5, 5.41) is 21.6. The molecule has 0 saturated heterocycles. The lowest BCUT2D eigenvalue weighted by molar-refractivity contribution is 0.260. The topological polar surface area (TPSA) is 101 Å². The Bertz CT molecular complexity index is 1630. The minimum absolute atomic E-state index is 0.0233. The van der Waals surface area contributed by atoms with Gasteiger partial charge in [0.2, 0.25) is 0 Å². The molecule has 8 nitrogen and oxygen atoms in total. The van der Waals surface area contributed by atoms with E-state index in [-0.39, 0.29) is 11.5 Å². The zero-order valence-corrected chi connectivity index (χ0v) is 23.0. The van der Waals surface area contributed by atoms with E-state index in [4.69, 9.17) is 16.6 Å². The Kier molecular flexibility index (Phi) is 6.42. The highest BCUT2D eigenvalue weighted by Crippen LogP contribution is 2.38. The highest BCUT2D eigenvalue weighted by Gasteiger charge is 2.33. The number of nitrogens with zero attached hydrogens (tertiary/aromatic N) is 4. The number of halogens is 1. The lowest BCUT2D eigenvalue weighted by Crippen LogP contribution is -2.38. The van der Waals surface area contributed by atoms with E-state index in [1.165, 1.54) is 12.8 Å². The number of para-hydroxylation sites is 1. The number of hydrogen-bond donors (Lipinski definition) is 4. The summed E-state index contributed by atoms with van der Waals surface area (Å²) in [6.07, 6.45) is 7.88. The van der Waals surface area contributed by atoms with Crippen LogP contribution in [0.5, 0.6) is 0 Å². The van der Waals surface area contributed by atoms with Gasteiger partial charge < -0.3 is 16.1 Å². The van der Waals surface area contributed by atoms with Crippen LogP contribution in [0.3, 0.4) is 0 Å². The zero-order chi connectivity index (χ0) is 27.1. The van der Waals surface area contributed by atoms with E-state index in [1.54, 1.807) is 6.20 Å². The Morgan fingerprint density at radius 3 is 2.74 bits per heavy atom. The molecule has 2 aliphatic rings. The van der Waals surface area contributed by atoms with Gasteiger partial charge >= 0.3 is 0 Å². The highest BCUT2D eigenvalue weighted by atomic mass is 35.5. The molecule has 1 saturated carbocycles. The van der Waals surface area contributed by atoms with Crippen molar-refractivity contribution in [2.45, 2.75) is 45.7 Å². The molecular weight excluding hydrogens is 508 g/mol. The van der Waals surface area contributed by atoms with Crippen molar-refractivity contribution in [1.82, 2.24) is 25.9 Å². The van der Waals surface area contributed by atoms with E-state index in [0.717, 1.165) is 38.9 Å². The molecule has 0 bridgehead atoms. The van der Waals surface area contributed by atoms with Gasteiger partial charge in [-0.2, -0.15) is 5.26 Å². The molecule has 1 fully saturated rings. The summed E-state index contributed by atoms with van der Waals surface area (Å²) in [4.78, 5) is 9.24. The highest BCUT2D eigenvalue weighted by molar-refractivity contribution is 6.35. The molecule has 0 spiro atoms. The first-order chi connectivity index (χ1) is 18.8. The third kappa shape index (κ3) is 5.16. The molecule has 4 N–H and O–H groups in total. The molecule has 0 amide bonds. The summed E-state index contributed by atoms with van der Waals surface area (Å²) in [5.74, 6) is 0. The smallest absolute Gasteiger partial charge is 0.103 e. The predicted molar refractivity (Wildman–Crippen MR) is 157 cm³/mol. The first-order valence-electron chi connectivity index (χ1n) is 13.2. The Morgan fingerprint density at radius 1 is 1.15 bits per heavy atom. The number of anilines is 2. The molecule has 1 atom stereocenters. The van der Waals surface area contributed by atoms with E-state index in [2.05, 4.69) is 88.9 Å². The fourth-order valence-electron chi connectivity index (χ4n) is 4.86. The van der Waals surface area contributed by atoms with Crippen LogP contribution in [0.25, 0.3) is 21.8 Å². The van der Waals surface area contributed by atoms with Gasteiger partial charge in [0, 0.05) is 53.2 Å². The van der Waals surface area contributed by atoms with Gasteiger partial charge in [-0.15, -0.1) is 5.53 Å². The molecule has 1 aliphatic heterocycles. The molecule has 198 valence electrons. The molecule has 4 aromatic rings. The standard InChI is InChI=1S/C30H31ClN8/c1-30(2,3)17-35-27-19(14-32)15-34-28-23(27)12-20(13-24(28)31)36-29(25-16-39(38-37-25)21-9-10-21)22-8-4-6-18-7-5-11-33-26(18)22/h4-8,11-13,15-16,21,29,36-38H,9-10,17H2,1-3H3,(H,34,35)/t29-/m0/s1. The molecule has 1 aliphatic carbocycles. The van der Waals surface area contributed by atoms with Crippen molar-refractivity contribution in [3.63, 3.8) is 0 Å². The fourth-order valence-corrected chi connectivity index (χ4v) is 5.13. The average Bonchev–Trinajstić information content (AvgIpc) is 3.66. The van der Waals surface area contributed by atoms with Crippen LogP contribution in [0.15, 0.2) is 66.8 Å². The van der Waals surface area contributed by atoms with Crippen molar-refractivity contribution in [2.24, 2.45) is 5.41 Å². The molecule has 2 aromatic carbocycles. The number of pyridine rings is 2. The molecule has 9 heteroatoms. The Morgan fingerprint density at radius 2 is 1.97 bits per heavy atom. The summed E-state index contributed by atoms with van der Waals surface area (Å²) in [6.45, 7) is 7.15. The Balaban J connectivity index is 1.46. The van der Waals surface area contributed by atoms with Crippen LogP contribution in [0.4, 0.5) is 11.4 Å². The SMILES string of the molecule is CC(C)(C)CNc1c(C#N)cnc2c(Cl)cc(N[C@H](C3=CN(C4CC4)NN3)c3cccc4cccnc34)cc12. The molecule has 3 heterocycles. The van der Waals surface area contributed by atoms with Crippen LogP contribution in [0, 0.1) is 16.7 Å². The number of nitriles is 1. The van der Waals surface area contributed by atoms with Crippen molar-refractivity contribution in [2.75, 3.05) is 17.2 Å². The van der Waals surface area contributed by atoms with Gasteiger partial charge in [0.15, 0.2) is 0 Å². The summed E-state index contributed by atoms with van der Waals surface area (Å²) in [6, 6.07) is 16.7. The van der Waals surface area contributed by atoms with Crippen molar-refractivity contribution in [3.8, 4) is 6.07 Å². The Labute approximate surface area is 233 Å². The van der Waals surface area contributed by atoms with Crippen LogP contribution in [-0.4, -0.2) is 27.6 Å². The maximum atomic E-state index is 9.85. The van der Waals surface area contributed by atoms with Gasteiger partial charge in [-0.05, 0) is 36.5 Å². The monoisotopic (exact) mass is 538 g/mol. The van der Waals surface area contributed by atoms with Crippen LogP contribution >= 0.6 is 11.6 Å². The van der Waals surface area contributed by atoms with Crippen LogP contribution < -0.4 is 21.6 Å². The largest absolute Gasteiger partial charge is 0.383 e. The summed E-state index contributed by atoms with van der Waals surface area (Å²) in [5.41, 5.74) is 12.3. The fraction of sp³-hybridized carbons (Fsp3) is 0.300. The average molecular weight is 539 g/mol. The molecular formula is C30H31ClN8. The van der Waals surface area contributed by atoms with Crippen LogP contribution in [-0.2, 0) is 0 Å². The zero-order valence-electron chi connectivity index (χ0n) is 22.2. The third-order valence-corrected chi connectivity index (χ3v) is 7.27. The lowest BCUT2D eigenvalue weighted by atomic mass is 9.96. The van der Waals surface area contributed by atoms with Gasteiger partial charge in [-0.3, -0.25) is 15.0 Å². The molecule has 39 heavy (non-hydrogen) atoms. The van der Waals surface area contributed by atoms with Gasteiger partial charge in [-0.1, -0.05) is 56.6 Å². The number of aromatic nitrogens is 2. The van der Waals surface area contributed by atoms with E-state index in [0.29, 0.717) is 28.7 Å². The maximum Gasteiger partial charge on any atom is 0.103 e. The maximum absolute atomic E-state index is 9.85. The quantitative estimate of drug-likeness (QED) is 0.219. The van der Waals surface area contributed by atoms with E-state index in [1.807, 2.05) is 24.4 Å². The van der Waals surface area contributed by atoms with Crippen LogP contribution in [0.1, 0.15) is 50.8 Å². The van der Waals surface area contributed by atoms with Crippen molar-refractivity contribution in [1.29, 1.82) is 5.26 Å². The molecule has 0 unspecified atom stereocenters. The number of nitrogens with one attached hydrogen (secondary N) is 4. The van der Waals surface area contributed by atoms with E-state index < -0.39 is 0 Å². The number of hydrazine groups is 2. The van der Waals surface area contributed by atoms with E-state index >= 15 is 0 Å². The van der Waals surface area contributed by atoms with Gasteiger partial charge in [0.25, 0.3) is 0 Å². The summed E-state index contributed by atoms with van der Waals surface area (Å²) in [7, 11) is 0. The molecule has 6 rings (SSSR count). The minimum Gasteiger partial charge on any atom is -0.383 e. The van der Waals surface area contributed by atoms with Gasteiger partial charge in [0.05, 0.1) is 39.0 Å². The molecule has 0 radical (unpaired) electrons. The normalized spacial score (nSPS) is 16.1. The number of fused-ring (bicyclic) bond motifs is 2. The molecule has 2 aromatic heterocycles. The minimum atomic E-state index is -0.244. The lowest BCUT2D eigenvalue weighted by Gasteiger charge is -2.24. The number of rotatable bonds is 7. The second kappa shape index (κ2) is 9.92. The second-order valence-electron chi connectivity index (χ2n) is 11.4. The summed E-state index contributed by atoms with van der Waals surface area (Å²) < 4.78 is 0. The second-order valence-corrected chi connectivity index (χ2v) is 11.8. The number of benzene rings is 2. The van der Waals surface area contributed by atoms with Crippen molar-refractivity contribution >= 4 is 44.8 Å². The Hall–Kier alpha value is -4.06. The van der Waals surface area contributed by atoms with Gasteiger partial charge in [-0.25, -0.2) is 0 Å². The van der Waals surface area contributed by atoms with Gasteiger partial charge in [0.1, 0.15) is 6.07 Å². The van der Waals surface area contributed by atoms with E-state index in [9.17, 15) is 5.26 Å². The summed E-state index contributed by atoms with van der Waals surface area (Å²) >= 11 is 6.80.